The zero-order chi connectivity index (χ0) is 13.1. The Hall–Kier alpha value is -2.01. The molecule has 1 amide bonds. The minimum absolute atomic E-state index is 0.0696. The van der Waals surface area contributed by atoms with Gasteiger partial charge in [-0.3, -0.25) is 14.8 Å². The highest BCUT2D eigenvalue weighted by molar-refractivity contribution is 6.04. The molecule has 0 spiro atoms. The zero-order valence-electron chi connectivity index (χ0n) is 10.6. The Morgan fingerprint density at radius 3 is 3.05 bits per heavy atom. The zero-order valence-corrected chi connectivity index (χ0v) is 10.6. The standard InChI is InChI=1S/C14H16N4O/c19-14(18-10-3-2-6-15-9-10)11-4-1-5-12-13(11)17-8-7-16-12/h1,4-5,7-8,10,15H,2-3,6,9H2,(H,18,19)/t10-/m1/s1. The molecule has 1 atom stereocenters. The van der Waals surface area contributed by atoms with Crippen molar-refractivity contribution in [1.82, 2.24) is 20.6 Å². The summed E-state index contributed by atoms with van der Waals surface area (Å²) >= 11 is 0. The van der Waals surface area contributed by atoms with Gasteiger partial charge >= 0.3 is 0 Å². The molecule has 2 N–H and O–H groups in total. The number of fused-ring (bicyclic) bond motifs is 1. The second-order valence-electron chi connectivity index (χ2n) is 4.75. The molecule has 1 saturated heterocycles. The first-order valence-electron chi connectivity index (χ1n) is 6.56. The van der Waals surface area contributed by atoms with Crippen LogP contribution in [0.2, 0.25) is 0 Å². The summed E-state index contributed by atoms with van der Waals surface area (Å²) in [5, 5.41) is 6.34. The molecule has 1 aromatic heterocycles. The third kappa shape index (κ3) is 2.56. The number of nitrogens with zero attached hydrogens (tertiary/aromatic N) is 2. The van der Waals surface area contributed by atoms with Gasteiger partial charge in [-0.15, -0.1) is 0 Å². The van der Waals surface area contributed by atoms with Crippen molar-refractivity contribution in [3.8, 4) is 0 Å². The number of amides is 1. The lowest BCUT2D eigenvalue weighted by molar-refractivity contribution is 0.0932. The molecule has 1 aliphatic heterocycles. The second-order valence-corrected chi connectivity index (χ2v) is 4.75. The van der Waals surface area contributed by atoms with Crippen LogP contribution in [0.3, 0.4) is 0 Å². The molecule has 0 saturated carbocycles. The predicted octanol–water partition coefficient (Wildman–Crippen LogP) is 1.11. The SMILES string of the molecule is O=C(N[C@@H]1CCCNC1)c1cccc2nccnc12. The van der Waals surface area contributed by atoms with Crippen molar-refractivity contribution in [1.29, 1.82) is 0 Å². The quantitative estimate of drug-likeness (QED) is 0.844. The van der Waals surface area contributed by atoms with Crippen molar-refractivity contribution in [3.63, 3.8) is 0 Å². The maximum Gasteiger partial charge on any atom is 0.253 e. The molecule has 5 nitrogen and oxygen atoms in total. The van der Waals surface area contributed by atoms with Gasteiger partial charge in [-0.2, -0.15) is 0 Å². The third-order valence-electron chi connectivity index (χ3n) is 3.38. The van der Waals surface area contributed by atoms with Crippen LogP contribution in [0.1, 0.15) is 23.2 Å². The van der Waals surface area contributed by atoms with Gasteiger partial charge in [0.1, 0.15) is 5.52 Å². The second kappa shape index (κ2) is 5.32. The lowest BCUT2D eigenvalue weighted by Gasteiger charge is -2.23. The van der Waals surface area contributed by atoms with Crippen molar-refractivity contribution in [2.75, 3.05) is 13.1 Å². The predicted molar refractivity (Wildman–Crippen MR) is 72.9 cm³/mol. The van der Waals surface area contributed by atoms with Gasteiger partial charge in [0.15, 0.2) is 0 Å². The van der Waals surface area contributed by atoms with E-state index in [4.69, 9.17) is 0 Å². The minimum atomic E-state index is -0.0696. The van der Waals surface area contributed by atoms with Crippen LogP contribution < -0.4 is 10.6 Å². The van der Waals surface area contributed by atoms with Gasteiger partial charge in [-0.1, -0.05) is 6.07 Å². The number of benzene rings is 1. The maximum atomic E-state index is 12.3. The number of carbonyl (C=O) groups is 1. The molecule has 98 valence electrons. The van der Waals surface area contributed by atoms with Gasteiger partial charge in [0.25, 0.3) is 5.91 Å². The molecular weight excluding hydrogens is 240 g/mol. The Balaban J connectivity index is 1.85. The fourth-order valence-corrected chi connectivity index (χ4v) is 2.41. The highest BCUT2D eigenvalue weighted by atomic mass is 16.1. The van der Waals surface area contributed by atoms with Crippen molar-refractivity contribution in [2.45, 2.75) is 18.9 Å². The Kier molecular flexibility index (Phi) is 3.37. The first-order chi connectivity index (χ1) is 9.34. The van der Waals surface area contributed by atoms with E-state index in [0.29, 0.717) is 11.1 Å². The van der Waals surface area contributed by atoms with Crippen LogP contribution in [0.4, 0.5) is 0 Å². The summed E-state index contributed by atoms with van der Waals surface area (Å²) in [6.07, 6.45) is 5.37. The van der Waals surface area contributed by atoms with E-state index < -0.39 is 0 Å². The van der Waals surface area contributed by atoms with E-state index in [2.05, 4.69) is 20.6 Å². The highest BCUT2D eigenvalue weighted by Gasteiger charge is 2.18. The molecule has 1 aliphatic rings. The van der Waals surface area contributed by atoms with Crippen molar-refractivity contribution in [2.24, 2.45) is 0 Å². The molecule has 0 unspecified atom stereocenters. The van der Waals surface area contributed by atoms with Crippen LogP contribution in [-0.2, 0) is 0 Å². The largest absolute Gasteiger partial charge is 0.348 e. The molecule has 2 heterocycles. The van der Waals surface area contributed by atoms with Gasteiger partial charge in [0.05, 0.1) is 11.1 Å². The van der Waals surface area contributed by atoms with Gasteiger partial charge in [-0.05, 0) is 31.5 Å². The van der Waals surface area contributed by atoms with Crippen molar-refractivity contribution >= 4 is 16.9 Å². The van der Waals surface area contributed by atoms with Crippen LogP contribution in [0, 0.1) is 0 Å². The van der Waals surface area contributed by atoms with Gasteiger partial charge in [0, 0.05) is 25.0 Å². The number of hydrogen-bond acceptors (Lipinski definition) is 4. The number of aromatic nitrogens is 2. The average Bonchev–Trinajstić information content (AvgIpc) is 2.47. The Bertz CT molecular complexity index is 588. The molecule has 19 heavy (non-hydrogen) atoms. The molecule has 1 aromatic carbocycles. The van der Waals surface area contributed by atoms with Crippen molar-refractivity contribution in [3.05, 3.63) is 36.2 Å². The van der Waals surface area contributed by atoms with Crippen LogP contribution in [0.25, 0.3) is 11.0 Å². The Labute approximate surface area is 111 Å². The smallest absolute Gasteiger partial charge is 0.253 e. The molecule has 2 aromatic rings. The topological polar surface area (TPSA) is 66.9 Å². The van der Waals surface area contributed by atoms with E-state index >= 15 is 0 Å². The monoisotopic (exact) mass is 256 g/mol. The van der Waals surface area contributed by atoms with E-state index in [0.717, 1.165) is 31.4 Å². The molecular formula is C14H16N4O. The van der Waals surface area contributed by atoms with Crippen LogP contribution in [0.15, 0.2) is 30.6 Å². The lowest BCUT2D eigenvalue weighted by atomic mass is 10.1. The number of hydrogen-bond donors (Lipinski definition) is 2. The Morgan fingerprint density at radius 1 is 1.32 bits per heavy atom. The number of para-hydroxylation sites is 1. The summed E-state index contributed by atoms with van der Waals surface area (Å²) < 4.78 is 0. The first kappa shape index (κ1) is 12.0. The molecule has 1 fully saturated rings. The van der Waals surface area contributed by atoms with Gasteiger partial charge in [0.2, 0.25) is 0 Å². The van der Waals surface area contributed by atoms with Crippen LogP contribution >= 0.6 is 0 Å². The first-order valence-corrected chi connectivity index (χ1v) is 6.56. The number of piperidine rings is 1. The van der Waals surface area contributed by atoms with Crippen LogP contribution in [-0.4, -0.2) is 35.0 Å². The van der Waals surface area contributed by atoms with E-state index in [1.165, 1.54) is 0 Å². The summed E-state index contributed by atoms with van der Waals surface area (Å²) in [4.78, 5) is 20.8. The van der Waals surface area contributed by atoms with Gasteiger partial charge in [-0.25, -0.2) is 0 Å². The third-order valence-corrected chi connectivity index (χ3v) is 3.38. The normalized spacial score (nSPS) is 19.3. The highest BCUT2D eigenvalue weighted by Crippen LogP contribution is 2.14. The van der Waals surface area contributed by atoms with E-state index in [1.807, 2.05) is 12.1 Å². The fraction of sp³-hybridized carbons (Fsp3) is 0.357. The molecule has 0 radical (unpaired) electrons. The van der Waals surface area contributed by atoms with Gasteiger partial charge < -0.3 is 10.6 Å². The van der Waals surface area contributed by atoms with E-state index in [-0.39, 0.29) is 11.9 Å². The molecule has 3 rings (SSSR count). The number of rotatable bonds is 2. The Morgan fingerprint density at radius 2 is 2.21 bits per heavy atom. The summed E-state index contributed by atoms with van der Waals surface area (Å²) in [5.41, 5.74) is 2.00. The fourth-order valence-electron chi connectivity index (χ4n) is 2.41. The molecule has 0 bridgehead atoms. The van der Waals surface area contributed by atoms with Crippen LogP contribution in [0.5, 0.6) is 0 Å². The maximum absolute atomic E-state index is 12.3. The average molecular weight is 256 g/mol. The minimum Gasteiger partial charge on any atom is -0.348 e. The number of nitrogens with one attached hydrogen (secondary N) is 2. The summed E-state index contributed by atoms with van der Waals surface area (Å²) in [5.74, 6) is -0.0696. The summed E-state index contributed by atoms with van der Waals surface area (Å²) in [7, 11) is 0. The molecule has 0 aliphatic carbocycles. The molecule has 5 heteroatoms. The lowest BCUT2D eigenvalue weighted by Crippen LogP contribution is -2.45. The van der Waals surface area contributed by atoms with Crippen molar-refractivity contribution < 1.29 is 4.79 Å². The summed E-state index contributed by atoms with van der Waals surface area (Å²) in [6.45, 7) is 1.87. The van der Waals surface area contributed by atoms with E-state index in [1.54, 1.807) is 18.5 Å². The van der Waals surface area contributed by atoms with E-state index in [9.17, 15) is 4.79 Å². The number of carbonyl (C=O) groups excluding carboxylic acids is 1. The summed E-state index contributed by atoms with van der Waals surface area (Å²) in [6, 6.07) is 5.70.